The first-order chi connectivity index (χ1) is 9.13. The maximum atomic E-state index is 13.8. The molecule has 4 nitrogen and oxygen atoms in total. The van der Waals surface area contributed by atoms with Crippen LogP contribution in [0.25, 0.3) is 0 Å². The number of nitrogens with one attached hydrogen (secondary N) is 1. The van der Waals surface area contributed by atoms with E-state index < -0.39 is 0 Å². The molecule has 1 aromatic rings. The molecule has 1 aliphatic heterocycles. The number of hydrogen-bond acceptors (Lipinski definition) is 3. The molecule has 1 heterocycles. The molecule has 2 rings (SSSR count). The van der Waals surface area contributed by atoms with Gasteiger partial charge in [-0.25, -0.2) is 4.39 Å². The molecule has 2 amide bonds. The van der Waals surface area contributed by atoms with Gasteiger partial charge in [-0.05, 0) is 6.07 Å². The van der Waals surface area contributed by atoms with Crippen LogP contribution in [0.2, 0.25) is 0 Å². The molecule has 19 heavy (non-hydrogen) atoms. The van der Waals surface area contributed by atoms with Crippen molar-refractivity contribution in [2.45, 2.75) is 11.8 Å². The van der Waals surface area contributed by atoms with E-state index in [0.717, 1.165) is 0 Å². The Morgan fingerprint density at radius 3 is 2.95 bits per heavy atom. The summed E-state index contributed by atoms with van der Waals surface area (Å²) in [5.74, 6) is -0.175. The Morgan fingerprint density at radius 2 is 2.26 bits per heavy atom. The predicted octanol–water partition coefficient (Wildman–Crippen LogP) is 1.54. The molecule has 6 heteroatoms. The van der Waals surface area contributed by atoms with Crippen molar-refractivity contribution >= 4 is 23.6 Å². The van der Waals surface area contributed by atoms with Gasteiger partial charge in [0.25, 0.3) is 0 Å². The number of carbonyl (C=O) groups excluding carboxylic acids is 2. The van der Waals surface area contributed by atoms with Crippen molar-refractivity contribution in [1.29, 1.82) is 0 Å². The SMILES string of the molecule is CNC(=O)CCN1C(=O)CSC1c1ccccc1F. The minimum Gasteiger partial charge on any atom is -0.359 e. The van der Waals surface area contributed by atoms with Gasteiger partial charge in [0.15, 0.2) is 0 Å². The summed E-state index contributed by atoms with van der Waals surface area (Å²) >= 11 is 1.39. The van der Waals surface area contributed by atoms with Gasteiger partial charge in [0.2, 0.25) is 11.8 Å². The molecule has 1 unspecified atom stereocenters. The highest BCUT2D eigenvalue weighted by Crippen LogP contribution is 2.39. The summed E-state index contributed by atoms with van der Waals surface area (Å²) in [6, 6.07) is 6.43. The maximum absolute atomic E-state index is 13.8. The average Bonchev–Trinajstić information content (AvgIpc) is 2.78. The monoisotopic (exact) mass is 282 g/mol. The van der Waals surface area contributed by atoms with Crippen molar-refractivity contribution in [3.8, 4) is 0 Å². The molecule has 0 aliphatic carbocycles. The highest BCUT2D eigenvalue weighted by molar-refractivity contribution is 8.00. The fourth-order valence-electron chi connectivity index (χ4n) is 1.98. The lowest BCUT2D eigenvalue weighted by molar-refractivity contribution is -0.129. The lowest BCUT2D eigenvalue weighted by Crippen LogP contribution is -2.32. The molecule has 0 radical (unpaired) electrons. The fraction of sp³-hybridized carbons (Fsp3) is 0.385. The normalized spacial score (nSPS) is 18.7. The molecule has 0 aromatic heterocycles. The van der Waals surface area contributed by atoms with Crippen LogP contribution in [0.15, 0.2) is 24.3 Å². The van der Waals surface area contributed by atoms with Crippen LogP contribution in [-0.2, 0) is 9.59 Å². The average molecular weight is 282 g/mol. The van der Waals surface area contributed by atoms with Crippen molar-refractivity contribution in [3.05, 3.63) is 35.6 Å². The summed E-state index contributed by atoms with van der Waals surface area (Å²) in [4.78, 5) is 24.6. The number of carbonyl (C=O) groups is 2. The Labute approximate surface area is 115 Å². The highest BCUT2D eigenvalue weighted by atomic mass is 32.2. The molecule has 1 N–H and O–H groups in total. The van der Waals surface area contributed by atoms with Crippen LogP contribution in [0.5, 0.6) is 0 Å². The van der Waals surface area contributed by atoms with Crippen molar-refractivity contribution in [1.82, 2.24) is 10.2 Å². The Morgan fingerprint density at radius 1 is 1.53 bits per heavy atom. The summed E-state index contributed by atoms with van der Waals surface area (Å²) in [5.41, 5.74) is 0.496. The van der Waals surface area contributed by atoms with Gasteiger partial charge in [0.1, 0.15) is 11.2 Å². The molecule has 0 saturated carbocycles. The van der Waals surface area contributed by atoms with Gasteiger partial charge in [-0.3, -0.25) is 9.59 Å². The topological polar surface area (TPSA) is 49.4 Å². The zero-order chi connectivity index (χ0) is 13.8. The molecular weight excluding hydrogens is 267 g/mol. The van der Waals surface area contributed by atoms with E-state index in [4.69, 9.17) is 0 Å². The Balaban J connectivity index is 2.13. The number of amides is 2. The zero-order valence-electron chi connectivity index (χ0n) is 10.6. The number of thioether (sulfide) groups is 1. The number of rotatable bonds is 4. The molecule has 1 aliphatic rings. The third-order valence-corrected chi connectivity index (χ3v) is 4.24. The van der Waals surface area contributed by atoms with Gasteiger partial charge in [-0.2, -0.15) is 0 Å². The van der Waals surface area contributed by atoms with Gasteiger partial charge < -0.3 is 10.2 Å². The van der Waals surface area contributed by atoms with Crippen LogP contribution in [-0.4, -0.2) is 36.1 Å². The number of hydrogen-bond donors (Lipinski definition) is 1. The Bertz CT molecular complexity index is 495. The second kappa shape index (κ2) is 6.06. The molecule has 1 aromatic carbocycles. The van der Waals surface area contributed by atoms with Crippen LogP contribution in [0, 0.1) is 5.82 Å². The van der Waals surface area contributed by atoms with E-state index in [9.17, 15) is 14.0 Å². The number of nitrogens with zero attached hydrogens (tertiary/aromatic N) is 1. The van der Waals surface area contributed by atoms with E-state index in [2.05, 4.69) is 5.32 Å². The van der Waals surface area contributed by atoms with Gasteiger partial charge >= 0.3 is 0 Å². The van der Waals surface area contributed by atoms with E-state index in [-0.39, 0.29) is 29.4 Å². The van der Waals surface area contributed by atoms with Crippen molar-refractivity contribution < 1.29 is 14.0 Å². The molecule has 1 fully saturated rings. The molecular formula is C13H15FN2O2S. The van der Waals surface area contributed by atoms with Crippen molar-refractivity contribution in [3.63, 3.8) is 0 Å². The molecule has 1 atom stereocenters. The molecule has 1 saturated heterocycles. The lowest BCUT2D eigenvalue weighted by Gasteiger charge is -2.24. The van der Waals surface area contributed by atoms with Crippen molar-refractivity contribution in [2.24, 2.45) is 0 Å². The van der Waals surface area contributed by atoms with Crippen LogP contribution in [0.3, 0.4) is 0 Å². The summed E-state index contributed by atoms with van der Waals surface area (Å²) in [7, 11) is 1.55. The van der Waals surface area contributed by atoms with Gasteiger partial charge in [0.05, 0.1) is 5.75 Å². The minimum atomic E-state index is -0.335. The van der Waals surface area contributed by atoms with Gasteiger partial charge in [0, 0.05) is 25.6 Å². The minimum absolute atomic E-state index is 0.0536. The molecule has 102 valence electrons. The van der Waals surface area contributed by atoms with Crippen molar-refractivity contribution in [2.75, 3.05) is 19.3 Å². The second-order valence-electron chi connectivity index (χ2n) is 4.20. The fourth-order valence-corrected chi connectivity index (χ4v) is 3.22. The summed E-state index contributed by atoms with van der Waals surface area (Å²) in [6.45, 7) is 0.310. The second-order valence-corrected chi connectivity index (χ2v) is 5.26. The van der Waals surface area contributed by atoms with E-state index in [1.165, 1.54) is 17.8 Å². The summed E-state index contributed by atoms with van der Waals surface area (Å²) in [5, 5.41) is 2.18. The van der Waals surface area contributed by atoms with E-state index in [1.54, 1.807) is 30.1 Å². The maximum Gasteiger partial charge on any atom is 0.233 e. The summed E-state index contributed by atoms with van der Waals surface area (Å²) < 4.78 is 13.8. The van der Waals surface area contributed by atoms with E-state index in [1.807, 2.05) is 0 Å². The van der Waals surface area contributed by atoms with Crippen LogP contribution in [0.4, 0.5) is 4.39 Å². The van der Waals surface area contributed by atoms with E-state index >= 15 is 0 Å². The van der Waals surface area contributed by atoms with Crippen LogP contribution >= 0.6 is 11.8 Å². The smallest absolute Gasteiger partial charge is 0.233 e. The Kier molecular flexibility index (Phi) is 4.42. The number of halogens is 1. The van der Waals surface area contributed by atoms with Gasteiger partial charge in [-0.15, -0.1) is 11.8 Å². The Hall–Kier alpha value is -1.56. The number of benzene rings is 1. The van der Waals surface area contributed by atoms with E-state index in [0.29, 0.717) is 17.9 Å². The predicted molar refractivity (Wildman–Crippen MR) is 72.0 cm³/mol. The zero-order valence-corrected chi connectivity index (χ0v) is 11.4. The highest BCUT2D eigenvalue weighted by Gasteiger charge is 2.34. The molecule has 0 bridgehead atoms. The quantitative estimate of drug-likeness (QED) is 0.911. The first-order valence-corrected chi connectivity index (χ1v) is 7.04. The van der Waals surface area contributed by atoms with Crippen LogP contribution in [0.1, 0.15) is 17.4 Å². The first-order valence-electron chi connectivity index (χ1n) is 5.99. The third-order valence-electron chi connectivity index (χ3n) is 3.00. The van der Waals surface area contributed by atoms with Crippen LogP contribution < -0.4 is 5.32 Å². The lowest BCUT2D eigenvalue weighted by atomic mass is 10.2. The summed E-state index contributed by atoms with van der Waals surface area (Å²) in [6.07, 6.45) is 0.230. The van der Waals surface area contributed by atoms with Gasteiger partial charge in [-0.1, -0.05) is 18.2 Å². The first kappa shape index (κ1) is 13.9. The largest absolute Gasteiger partial charge is 0.359 e. The molecule has 0 spiro atoms. The standard InChI is InChI=1S/C13H15FN2O2S/c1-15-11(17)6-7-16-12(18)8-19-13(16)9-4-2-3-5-10(9)14/h2-5,13H,6-8H2,1H3,(H,15,17). The third kappa shape index (κ3) is 3.07.